The van der Waals surface area contributed by atoms with Gasteiger partial charge in [-0.25, -0.2) is 0 Å². The van der Waals surface area contributed by atoms with E-state index in [0.717, 1.165) is 5.92 Å². The van der Waals surface area contributed by atoms with Crippen molar-refractivity contribution < 1.29 is 0 Å². The Hall–Kier alpha value is -0.300. The third-order valence-corrected chi connectivity index (χ3v) is 5.44. The average Bonchev–Trinajstić information content (AvgIpc) is 3.04. The van der Waals surface area contributed by atoms with E-state index in [0.29, 0.717) is 0 Å². The zero-order chi connectivity index (χ0) is 16.8. The van der Waals surface area contributed by atoms with Crippen LogP contribution in [0.25, 0.3) is 0 Å². The molecule has 1 atom stereocenters. The van der Waals surface area contributed by atoms with Crippen molar-refractivity contribution in [2.75, 3.05) is 19.6 Å². The van der Waals surface area contributed by atoms with Gasteiger partial charge in [0.05, 0.1) is 0 Å². The van der Waals surface area contributed by atoms with Gasteiger partial charge in [-0.3, -0.25) is 0 Å². The monoisotopic (exact) mass is 321 g/mol. The van der Waals surface area contributed by atoms with Gasteiger partial charge in [-0.15, -0.1) is 0 Å². The van der Waals surface area contributed by atoms with Crippen LogP contribution in [0.3, 0.4) is 0 Å². The molecule has 1 saturated heterocycles. The van der Waals surface area contributed by atoms with E-state index in [-0.39, 0.29) is 0 Å². The van der Waals surface area contributed by atoms with Crippen molar-refractivity contribution in [1.29, 1.82) is 0 Å². The van der Waals surface area contributed by atoms with Crippen LogP contribution in [0.1, 0.15) is 104 Å². The van der Waals surface area contributed by atoms with E-state index < -0.39 is 0 Å². The lowest BCUT2D eigenvalue weighted by Gasteiger charge is -2.18. The molecule has 0 aromatic rings. The molecule has 0 aromatic carbocycles. The summed E-state index contributed by atoms with van der Waals surface area (Å²) in [6.45, 7) is 13.1. The van der Waals surface area contributed by atoms with E-state index >= 15 is 0 Å². The van der Waals surface area contributed by atoms with Crippen molar-refractivity contribution in [2.45, 2.75) is 104 Å². The van der Waals surface area contributed by atoms with Gasteiger partial charge in [0.1, 0.15) is 0 Å². The number of hydrogen-bond acceptors (Lipinski definition) is 1. The fourth-order valence-electron chi connectivity index (χ4n) is 4.02. The van der Waals surface area contributed by atoms with Crippen LogP contribution in [0.4, 0.5) is 0 Å². The van der Waals surface area contributed by atoms with Gasteiger partial charge in [-0.1, -0.05) is 77.4 Å². The summed E-state index contributed by atoms with van der Waals surface area (Å²) in [7, 11) is 0. The van der Waals surface area contributed by atoms with E-state index in [1.165, 1.54) is 115 Å². The van der Waals surface area contributed by atoms with Gasteiger partial charge in [0, 0.05) is 0 Å². The molecule has 0 amide bonds. The van der Waals surface area contributed by atoms with Crippen LogP contribution in [-0.2, 0) is 0 Å². The summed E-state index contributed by atoms with van der Waals surface area (Å²) >= 11 is 0. The molecule has 0 aromatic heterocycles. The molecule has 0 aliphatic carbocycles. The molecule has 0 saturated carbocycles. The summed E-state index contributed by atoms with van der Waals surface area (Å²) in [6.07, 6.45) is 19.4. The number of hydrogen-bond donors (Lipinski definition) is 0. The minimum atomic E-state index is 0.911. The molecule has 23 heavy (non-hydrogen) atoms. The van der Waals surface area contributed by atoms with Gasteiger partial charge in [0.15, 0.2) is 0 Å². The summed E-state index contributed by atoms with van der Waals surface area (Å²) in [5.74, 6) is 0.911. The molecule has 1 aliphatic heterocycles. The normalized spacial score (nSPS) is 16.8. The number of unbranched alkanes of at least 4 members (excludes halogenated alkanes) is 5. The molecular formula is C22H43N. The van der Waals surface area contributed by atoms with Crippen molar-refractivity contribution in [3.05, 3.63) is 12.2 Å². The molecular weight excluding hydrogens is 278 g/mol. The highest BCUT2D eigenvalue weighted by Gasteiger charge is 2.11. The first-order valence-corrected chi connectivity index (χ1v) is 10.6. The van der Waals surface area contributed by atoms with Gasteiger partial charge in [-0.05, 0) is 64.1 Å². The summed E-state index contributed by atoms with van der Waals surface area (Å²) in [4.78, 5) is 2.64. The number of allylic oxidation sites excluding steroid dienone is 1. The molecule has 0 N–H and O–H groups in total. The SMILES string of the molecule is C=C(CCCCCN1CCCC1)CC(CCC)CCCCCC. The maximum Gasteiger partial charge on any atom is -0.00183 e. The van der Waals surface area contributed by atoms with Crippen LogP contribution in [0.5, 0.6) is 0 Å². The minimum Gasteiger partial charge on any atom is -0.303 e. The van der Waals surface area contributed by atoms with Crippen molar-refractivity contribution in [1.82, 2.24) is 4.90 Å². The van der Waals surface area contributed by atoms with E-state index in [2.05, 4.69) is 25.3 Å². The standard InChI is InChI=1S/C22H43N/c1-4-6-7-10-16-22(14-5-2)20-21(3)15-9-8-11-17-23-18-12-13-19-23/h22H,3-20H2,1-2H3. The van der Waals surface area contributed by atoms with Crippen LogP contribution in [0.15, 0.2) is 12.2 Å². The fraction of sp³-hybridized carbons (Fsp3) is 0.909. The van der Waals surface area contributed by atoms with Gasteiger partial charge >= 0.3 is 0 Å². The van der Waals surface area contributed by atoms with Crippen molar-refractivity contribution in [3.63, 3.8) is 0 Å². The van der Waals surface area contributed by atoms with E-state index in [1.54, 1.807) is 0 Å². The molecule has 1 nitrogen and oxygen atoms in total. The maximum atomic E-state index is 4.39. The van der Waals surface area contributed by atoms with E-state index in [1.807, 2.05) is 0 Å². The summed E-state index contributed by atoms with van der Waals surface area (Å²) in [5, 5.41) is 0. The van der Waals surface area contributed by atoms with Gasteiger partial charge in [0.2, 0.25) is 0 Å². The number of likely N-dealkylation sites (tertiary alicyclic amines) is 1. The first kappa shape index (κ1) is 20.7. The Morgan fingerprint density at radius 3 is 2.30 bits per heavy atom. The molecule has 0 radical (unpaired) electrons. The molecule has 1 aliphatic rings. The summed E-state index contributed by atoms with van der Waals surface area (Å²) in [6, 6.07) is 0. The highest BCUT2D eigenvalue weighted by Crippen LogP contribution is 2.25. The maximum absolute atomic E-state index is 4.39. The quantitative estimate of drug-likeness (QED) is 0.232. The van der Waals surface area contributed by atoms with Crippen LogP contribution in [-0.4, -0.2) is 24.5 Å². The minimum absolute atomic E-state index is 0.911. The molecule has 136 valence electrons. The lowest BCUT2D eigenvalue weighted by Crippen LogP contribution is -2.20. The largest absolute Gasteiger partial charge is 0.303 e. The first-order valence-electron chi connectivity index (χ1n) is 10.6. The Labute approximate surface area is 146 Å². The highest BCUT2D eigenvalue weighted by molar-refractivity contribution is 4.95. The van der Waals surface area contributed by atoms with E-state index in [4.69, 9.17) is 0 Å². The van der Waals surface area contributed by atoms with Crippen LogP contribution in [0.2, 0.25) is 0 Å². The smallest absolute Gasteiger partial charge is 0.00183 e. The average molecular weight is 322 g/mol. The molecule has 1 rings (SSSR count). The topological polar surface area (TPSA) is 3.24 Å². The van der Waals surface area contributed by atoms with Crippen molar-refractivity contribution in [3.8, 4) is 0 Å². The third kappa shape index (κ3) is 11.0. The number of rotatable bonds is 15. The Balaban J connectivity index is 2.03. The van der Waals surface area contributed by atoms with Crippen LogP contribution >= 0.6 is 0 Å². The predicted octanol–water partition coefficient (Wildman–Crippen LogP) is 6.98. The zero-order valence-corrected chi connectivity index (χ0v) is 16.3. The van der Waals surface area contributed by atoms with Crippen LogP contribution < -0.4 is 0 Å². The fourth-order valence-corrected chi connectivity index (χ4v) is 4.02. The highest BCUT2D eigenvalue weighted by atomic mass is 15.1. The second-order valence-electron chi connectivity index (χ2n) is 7.82. The summed E-state index contributed by atoms with van der Waals surface area (Å²) in [5.41, 5.74) is 1.53. The van der Waals surface area contributed by atoms with Crippen molar-refractivity contribution in [2.24, 2.45) is 5.92 Å². The molecule has 1 unspecified atom stereocenters. The second kappa shape index (κ2) is 14.1. The zero-order valence-electron chi connectivity index (χ0n) is 16.3. The first-order chi connectivity index (χ1) is 11.3. The lowest BCUT2D eigenvalue weighted by atomic mass is 9.89. The second-order valence-corrected chi connectivity index (χ2v) is 7.82. The Morgan fingerprint density at radius 1 is 0.870 bits per heavy atom. The lowest BCUT2D eigenvalue weighted by molar-refractivity contribution is 0.328. The Morgan fingerprint density at radius 2 is 1.61 bits per heavy atom. The molecule has 0 spiro atoms. The van der Waals surface area contributed by atoms with E-state index in [9.17, 15) is 0 Å². The van der Waals surface area contributed by atoms with Gasteiger partial charge in [0.25, 0.3) is 0 Å². The van der Waals surface area contributed by atoms with Gasteiger partial charge < -0.3 is 4.90 Å². The van der Waals surface area contributed by atoms with Gasteiger partial charge in [-0.2, -0.15) is 0 Å². The third-order valence-electron chi connectivity index (χ3n) is 5.44. The molecule has 0 bridgehead atoms. The molecule has 1 heteroatoms. The number of nitrogens with zero attached hydrogens (tertiary/aromatic N) is 1. The predicted molar refractivity (Wildman–Crippen MR) is 105 cm³/mol. The molecule has 1 heterocycles. The molecule has 1 fully saturated rings. The summed E-state index contributed by atoms with van der Waals surface area (Å²) < 4.78 is 0. The Kier molecular flexibility index (Phi) is 12.7. The van der Waals surface area contributed by atoms with Crippen molar-refractivity contribution >= 4 is 0 Å². The van der Waals surface area contributed by atoms with Crippen LogP contribution in [0, 0.1) is 5.92 Å². The Bertz CT molecular complexity index is 278.